The Bertz CT molecular complexity index is 294. The van der Waals surface area contributed by atoms with Crippen LogP contribution in [-0.2, 0) is 9.53 Å². The van der Waals surface area contributed by atoms with E-state index in [1.165, 1.54) is 89.9 Å². The fraction of sp³-hybridized carbons (Fsp3) is 0.958. The third-order valence-corrected chi connectivity index (χ3v) is 5.54. The van der Waals surface area contributed by atoms with E-state index < -0.39 is 0 Å². The number of halogens is 1. The van der Waals surface area contributed by atoms with Crippen LogP contribution in [0.2, 0.25) is 0 Å². The van der Waals surface area contributed by atoms with E-state index in [2.05, 4.69) is 6.92 Å². The number of esters is 1. The maximum atomic E-state index is 11.6. The number of ether oxygens (including phenoxy) is 1. The Morgan fingerprint density at radius 2 is 1.00 bits per heavy atom. The third-order valence-electron chi connectivity index (χ3n) is 5.28. The van der Waals surface area contributed by atoms with Gasteiger partial charge in [0.25, 0.3) is 0 Å². The number of carbonyl (C=O) groups is 1. The van der Waals surface area contributed by atoms with Crippen molar-refractivity contribution in [3.63, 3.8) is 0 Å². The molecule has 0 amide bonds. The molecule has 2 nitrogen and oxygen atoms in total. The lowest BCUT2D eigenvalue weighted by molar-refractivity contribution is -0.143. The van der Waals surface area contributed by atoms with Crippen LogP contribution < -0.4 is 0 Å². The lowest BCUT2D eigenvalue weighted by Crippen LogP contribution is -2.05. The minimum absolute atomic E-state index is 0.0120. The van der Waals surface area contributed by atoms with Crippen molar-refractivity contribution in [3.05, 3.63) is 0 Å². The average molecular weight is 403 g/mol. The summed E-state index contributed by atoms with van der Waals surface area (Å²) >= 11 is 5.63. The van der Waals surface area contributed by atoms with Gasteiger partial charge in [-0.3, -0.25) is 4.79 Å². The third kappa shape index (κ3) is 23.7. The van der Waals surface area contributed by atoms with Crippen molar-refractivity contribution in [1.29, 1.82) is 0 Å². The summed E-state index contributed by atoms with van der Waals surface area (Å²) in [6.45, 7) is 2.86. The molecule has 0 radical (unpaired) electrons. The van der Waals surface area contributed by atoms with Gasteiger partial charge < -0.3 is 4.74 Å². The lowest BCUT2D eigenvalue weighted by atomic mass is 10.0. The summed E-state index contributed by atoms with van der Waals surface area (Å²) in [5.41, 5.74) is 0. The van der Waals surface area contributed by atoms with Crippen LogP contribution in [0.15, 0.2) is 0 Å². The topological polar surface area (TPSA) is 26.3 Å². The Balaban J connectivity index is 3.10. The van der Waals surface area contributed by atoms with Crippen molar-refractivity contribution in [2.45, 2.75) is 135 Å². The molecule has 0 N–H and O–H groups in total. The highest BCUT2D eigenvalue weighted by molar-refractivity contribution is 6.17. The van der Waals surface area contributed by atoms with Crippen molar-refractivity contribution < 1.29 is 9.53 Å². The smallest absolute Gasteiger partial charge is 0.305 e. The molecule has 27 heavy (non-hydrogen) atoms. The van der Waals surface area contributed by atoms with Crippen LogP contribution in [-0.4, -0.2) is 18.5 Å². The number of unbranched alkanes of at least 4 members (excludes halogenated alkanes) is 17. The van der Waals surface area contributed by atoms with Gasteiger partial charge in [-0.15, -0.1) is 11.6 Å². The molecule has 162 valence electrons. The normalized spacial score (nSPS) is 11.0. The molecule has 0 aliphatic rings. The second-order valence-corrected chi connectivity index (χ2v) is 8.40. The Morgan fingerprint density at radius 3 is 1.48 bits per heavy atom. The van der Waals surface area contributed by atoms with E-state index in [-0.39, 0.29) is 5.97 Å². The van der Waals surface area contributed by atoms with Gasteiger partial charge in [0.05, 0.1) is 6.61 Å². The fourth-order valence-electron chi connectivity index (χ4n) is 3.45. The molecule has 0 fully saturated rings. The monoisotopic (exact) mass is 402 g/mol. The minimum Gasteiger partial charge on any atom is -0.466 e. The van der Waals surface area contributed by atoms with E-state index in [4.69, 9.17) is 16.3 Å². The van der Waals surface area contributed by atoms with Crippen molar-refractivity contribution >= 4 is 17.6 Å². The van der Waals surface area contributed by atoms with Crippen molar-refractivity contribution in [3.8, 4) is 0 Å². The Morgan fingerprint density at radius 1 is 0.593 bits per heavy atom. The molecule has 3 heteroatoms. The van der Waals surface area contributed by atoms with E-state index >= 15 is 0 Å². The molecule has 0 aromatic carbocycles. The first kappa shape index (κ1) is 26.8. The van der Waals surface area contributed by atoms with Gasteiger partial charge in [0.15, 0.2) is 0 Å². The van der Waals surface area contributed by atoms with Crippen LogP contribution >= 0.6 is 11.6 Å². The molecule has 0 aliphatic carbocycles. The van der Waals surface area contributed by atoms with Gasteiger partial charge in [0.1, 0.15) is 0 Å². The molecular weight excluding hydrogens is 356 g/mol. The van der Waals surface area contributed by atoms with Gasteiger partial charge >= 0.3 is 5.97 Å². The van der Waals surface area contributed by atoms with Crippen molar-refractivity contribution in [1.82, 2.24) is 0 Å². The Kier molecular flexibility index (Phi) is 23.6. The summed E-state index contributed by atoms with van der Waals surface area (Å²) in [6, 6.07) is 0. The van der Waals surface area contributed by atoms with Crippen LogP contribution in [0.3, 0.4) is 0 Å². The maximum Gasteiger partial charge on any atom is 0.305 e. The predicted octanol–water partition coefficient (Wildman–Crippen LogP) is 8.59. The quantitative estimate of drug-likeness (QED) is 0.103. The highest BCUT2D eigenvalue weighted by Gasteiger charge is 2.02. The van der Waals surface area contributed by atoms with Crippen molar-refractivity contribution in [2.24, 2.45) is 0 Å². The maximum absolute atomic E-state index is 11.6. The van der Waals surface area contributed by atoms with Crippen LogP contribution in [0.5, 0.6) is 0 Å². The second kappa shape index (κ2) is 23.8. The zero-order valence-corrected chi connectivity index (χ0v) is 19.0. The Labute approximate surface area is 175 Å². The molecule has 0 bridgehead atoms. The van der Waals surface area contributed by atoms with Gasteiger partial charge in [-0.05, 0) is 19.3 Å². The molecule has 0 aromatic heterocycles. The van der Waals surface area contributed by atoms with E-state index in [1.54, 1.807) is 0 Å². The van der Waals surface area contributed by atoms with Crippen LogP contribution in [0.4, 0.5) is 0 Å². The summed E-state index contributed by atoms with van der Waals surface area (Å²) in [5, 5.41) is 0. The van der Waals surface area contributed by atoms with Gasteiger partial charge in [-0.25, -0.2) is 0 Å². The van der Waals surface area contributed by atoms with Crippen LogP contribution in [0, 0.1) is 0 Å². The first-order valence-electron chi connectivity index (χ1n) is 12.0. The van der Waals surface area contributed by atoms with Gasteiger partial charge in [0.2, 0.25) is 0 Å². The summed E-state index contributed by atoms with van der Waals surface area (Å²) < 4.78 is 5.27. The molecule has 0 aromatic rings. The highest BCUT2D eigenvalue weighted by Crippen LogP contribution is 2.14. The number of hydrogen-bond acceptors (Lipinski definition) is 2. The number of carbonyl (C=O) groups excluding carboxylic acids is 1. The van der Waals surface area contributed by atoms with Crippen LogP contribution in [0.1, 0.15) is 135 Å². The molecule has 0 unspecified atom stereocenters. The summed E-state index contributed by atoms with van der Waals surface area (Å²) in [5.74, 6) is 0.723. The zero-order chi connectivity index (χ0) is 19.8. The van der Waals surface area contributed by atoms with E-state index in [0.29, 0.717) is 13.0 Å². The molecular formula is C24H47ClO2. The zero-order valence-electron chi connectivity index (χ0n) is 18.3. The predicted molar refractivity (Wildman–Crippen MR) is 120 cm³/mol. The van der Waals surface area contributed by atoms with Crippen molar-refractivity contribution in [2.75, 3.05) is 12.5 Å². The molecule has 0 rings (SSSR count). The summed E-state index contributed by atoms with van der Waals surface area (Å²) in [4.78, 5) is 11.6. The fourth-order valence-corrected chi connectivity index (χ4v) is 3.64. The molecule has 0 heterocycles. The van der Waals surface area contributed by atoms with Gasteiger partial charge in [-0.2, -0.15) is 0 Å². The van der Waals surface area contributed by atoms with Gasteiger partial charge in [0, 0.05) is 12.3 Å². The van der Waals surface area contributed by atoms with E-state index in [9.17, 15) is 4.79 Å². The molecule has 0 saturated heterocycles. The molecule has 0 atom stereocenters. The largest absolute Gasteiger partial charge is 0.466 e. The number of hydrogen-bond donors (Lipinski definition) is 0. The Hall–Kier alpha value is -0.240. The molecule has 0 saturated carbocycles. The molecule has 0 aliphatic heterocycles. The highest BCUT2D eigenvalue weighted by atomic mass is 35.5. The molecule has 0 spiro atoms. The van der Waals surface area contributed by atoms with Gasteiger partial charge in [-0.1, -0.05) is 110 Å². The first-order valence-corrected chi connectivity index (χ1v) is 12.6. The van der Waals surface area contributed by atoms with E-state index in [0.717, 1.165) is 38.0 Å². The summed E-state index contributed by atoms with van der Waals surface area (Å²) in [7, 11) is 0. The number of alkyl halides is 1. The minimum atomic E-state index is -0.0120. The van der Waals surface area contributed by atoms with Crippen LogP contribution in [0.25, 0.3) is 0 Å². The average Bonchev–Trinajstić information content (AvgIpc) is 2.67. The summed E-state index contributed by atoms with van der Waals surface area (Å²) in [6.07, 6.45) is 25.2. The SMILES string of the molecule is CCCCCCCCCCCCCCCCCC(=O)OCCCCCCCl. The lowest BCUT2D eigenvalue weighted by Gasteiger charge is -2.05. The number of rotatable bonds is 22. The second-order valence-electron chi connectivity index (χ2n) is 8.02. The standard InChI is InChI=1S/C24H47ClO2/c1-2-3-4-5-6-7-8-9-10-11-12-13-14-15-18-21-24(26)27-23-20-17-16-19-22-25/h2-23H2,1H3. The van der Waals surface area contributed by atoms with E-state index in [1.807, 2.05) is 0 Å². The first-order chi connectivity index (χ1) is 13.3.